The number of carbonyl (C=O) groups excluding carboxylic acids is 4. The van der Waals surface area contributed by atoms with Crippen LogP contribution in [0.5, 0.6) is 0 Å². The summed E-state index contributed by atoms with van der Waals surface area (Å²) in [5.74, 6) is -2.76. The molecule has 3 aliphatic rings. The standard InChI is InChI=1S/C23H27N3O7/c1-11(2)20(25-21(28)18-13-5-6-14(8-13)19(18)22(25)29)23(30)33-10-17(27)24-15-7-4-12(3)16(9-15)26(31)32/h4,7,9,11,13-14,18-20H,5-6,8,10H2,1-3H3,(H,24,27)/t13-,14-,18-,19+,20-/m0/s1. The van der Waals surface area contributed by atoms with Gasteiger partial charge in [-0.15, -0.1) is 0 Å². The molecule has 10 heteroatoms. The number of anilines is 1. The first-order chi connectivity index (χ1) is 15.6. The van der Waals surface area contributed by atoms with E-state index in [0.717, 1.165) is 24.2 Å². The summed E-state index contributed by atoms with van der Waals surface area (Å²) in [6.45, 7) is 4.39. The predicted octanol–water partition coefficient (Wildman–Crippen LogP) is 2.44. The van der Waals surface area contributed by atoms with E-state index < -0.39 is 29.4 Å². The molecule has 1 aromatic rings. The van der Waals surface area contributed by atoms with Crippen LogP contribution < -0.4 is 5.32 Å². The molecule has 1 N–H and O–H groups in total. The maximum absolute atomic E-state index is 13.1. The third kappa shape index (κ3) is 3.98. The summed E-state index contributed by atoms with van der Waals surface area (Å²) in [5, 5.41) is 13.5. The number of benzene rings is 1. The van der Waals surface area contributed by atoms with Crippen molar-refractivity contribution < 1.29 is 28.8 Å². The minimum atomic E-state index is -1.09. The lowest BCUT2D eigenvalue weighted by atomic mass is 9.81. The number of fused-ring (bicyclic) bond motifs is 5. The van der Waals surface area contributed by atoms with E-state index in [1.807, 2.05) is 0 Å². The van der Waals surface area contributed by atoms with Gasteiger partial charge in [-0.05, 0) is 50.0 Å². The highest BCUT2D eigenvalue weighted by atomic mass is 16.6. The maximum atomic E-state index is 13.1. The number of ether oxygens (including phenoxy) is 1. The molecule has 0 aromatic heterocycles. The van der Waals surface area contributed by atoms with Crippen LogP contribution in [0.1, 0.15) is 38.7 Å². The third-order valence-corrected chi connectivity index (χ3v) is 7.15. The molecule has 3 fully saturated rings. The van der Waals surface area contributed by atoms with Crippen molar-refractivity contribution in [3.63, 3.8) is 0 Å². The van der Waals surface area contributed by atoms with Crippen molar-refractivity contribution in [1.29, 1.82) is 0 Å². The molecule has 5 atom stereocenters. The van der Waals surface area contributed by atoms with E-state index in [1.165, 1.54) is 18.2 Å². The number of esters is 1. The van der Waals surface area contributed by atoms with Crippen molar-refractivity contribution in [2.24, 2.45) is 29.6 Å². The van der Waals surface area contributed by atoms with Crippen molar-refractivity contribution in [2.75, 3.05) is 11.9 Å². The molecule has 0 unspecified atom stereocenters. The van der Waals surface area contributed by atoms with E-state index in [1.54, 1.807) is 20.8 Å². The van der Waals surface area contributed by atoms with Gasteiger partial charge in [0.2, 0.25) is 11.8 Å². The Hall–Kier alpha value is -3.30. The molecule has 1 heterocycles. The number of aryl methyl sites for hydroxylation is 1. The van der Waals surface area contributed by atoms with Gasteiger partial charge < -0.3 is 10.1 Å². The first kappa shape index (κ1) is 22.9. The van der Waals surface area contributed by atoms with Crippen molar-refractivity contribution in [1.82, 2.24) is 4.90 Å². The lowest BCUT2D eigenvalue weighted by Gasteiger charge is -2.28. The molecule has 1 aliphatic heterocycles. The van der Waals surface area contributed by atoms with Crippen molar-refractivity contribution in [2.45, 2.75) is 46.1 Å². The van der Waals surface area contributed by atoms with E-state index in [-0.39, 0.29) is 52.8 Å². The number of amides is 3. The van der Waals surface area contributed by atoms with Crippen LogP contribution in [0.2, 0.25) is 0 Å². The third-order valence-electron chi connectivity index (χ3n) is 7.15. The lowest BCUT2D eigenvalue weighted by Crippen LogP contribution is -2.50. The Morgan fingerprint density at radius 1 is 1.18 bits per heavy atom. The van der Waals surface area contributed by atoms with Crippen molar-refractivity contribution in [3.8, 4) is 0 Å². The van der Waals surface area contributed by atoms with Crippen LogP contribution in [0, 0.1) is 46.6 Å². The van der Waals surface area contributed by atoms with Gasteiger partial charge in [-0.3, -0.25) is 29.4 Å². The minimum absolute atomic E-state index is 0.143. The molecule has 2 bridgehead atoms. The first-order valence-corrected chi connectivity index (χ1v) is 11.2. The topological polar surface area (TPSA) is 136 Å². The number of nitrogens with one attached hydrogen (secondary N) is 1. The zero-order valence-electron chi connectivity index (χ0n) is 18.8. The summed E-state index contributed by atoms with van der Waals surface area (Å²) >= 11 is 0. The van der Waals surface area contributed by atoms with Gasteiger partial charge in [0.25, 0.3) is 11.6 Å². The summed E-state index contributed by atoms with van der Waals surface area (Å²) < 4.78 is 5.17. The lowest BCUT2D eigenvalue weighted by molar-refractivity contribution is -0.385. The molecule has 176 valence electrons. The summed E-state index contributed by atoms with van der Waals surface area (Å²) in [4.78, 5) is 62.9. The summed E-state index contributed by atoms with van der Waals surface area (Å²) in [6, 6.07) is 3.14. The summed E-state index contributed by atoms with van der Waals surface area (Å²) in [5.41, 5.74) is 0.500. The Balaban J connectivity index is 1.41. The van der Waals surface area contributed by atoms with Gasteiger partial charge in [-0.1, -0.05) is 19.9 Å². The van der Waals surface area contributed by atoms with Gasteiger partial charge in [-0.2, -0.15) is 0 Å². The van der Waals surface area contributed by atoms with Gasteiger partial charge in [-0.25, -0.2) is 4.79 Å². The van der Waals surface area contributed by atoms with Gasteiger partial charge in [0.05, 0.1) is 16.8 Å². The van der Waals surface area contributed by atoms with E-state index in [4.69, 9.17) is 4.74 Å². The zero-order chi connectivity index (χ0) is 24.0. The summed E-state index contributed by atoms with van der Waals surface area (Å²) in [6.07, 6.45) is 2.77. The van der Waals surface area contributed by atoms with E-state index >= 15 is 0 Å². The maximum Gasteiger partial charge on any atom is 0.330 e. The van der Waals surface area contributed by atoms with Gasteiger partial charge >= 0.3 is 5.97 Å². The van der Waals surface area contributed by atoms with Crippen molar-refractivity contribution >= 4 is 35.1 Å². The highest BCUT2D eigenvalue weighted by Crippen LogP contribution is 2.56. The molecular formula is C23H27N3O7. The van der Waals surface area contributed by atoms with Gasteiger partial charge in [0.15, 0.2) is 6.61 Å². The number of hydrogen-bond acceptors (Lipinski definition) is 7. The average molecular weight is 457 g/mol. The molecule has 2 saturated carbocycles. The second-order valence-electron chi connectivity index (χ2n) is 9.53. The van der Waals surface area contributed by atoms with Crippen molar-refractivity contribution in [3.05, 3.63) is 33.9 Å². The SMILES string of the molecule is Cc1ccc(NC(=O)COC(=O)[C@H](C(C)C)N2C(=O)[C@@H]3[C@H]4CC[C@@H](C4)[C@@H]3C2=O)cc1[N+](=O)[O-]. The van der Waals surface area contributed by atoms with Crippen LogP contribution in [0.4, 0.5) is 11.4 Å². The monoisotopic (exact) mass is 457 g/mol. The largest absolute Gasteiger partial charge is 0.454 e. The molecular weight excluding hydrogens is 430 g/mol. The van der Waals surface area contributed by atoms with Crippen LogP contribution in [0.25, 0.3) is 0 Å². The fourth-order valence-electron chi connectivity index (χ4n) is 5.68. The smallest absolute Gasteiger partial charge is 0.330 e. The molecule has 4 rings (SSSR count). The Morgan fingerprint density at radius 3 is 2.33 bits per heavy atom. The fourth-order valence-corrected chi connectivity index (χ4v) is 5.68. The Labute approximate surface area is 190 Å². The number of carbonyl (C=O) groups is 4. The zero-order valence-corrected chi connectivity index (χ0v) is 18.8. The molecule has 3 amide bonds. The fraction of sp³-hybridized carbons (Fsp3) is 0.565. The molecule has 33 heavy (non-hydrogen) atoms. The van der Waals surface area contributed by atoms with E-state index in [0.29, 0.717) is 5.56 Å². The Morgan fingerprint density at radius 2 is 1.79 bits per heavy atom. The summed E-state index contributed by atoms with van der Waals surface area (Å²) in [7, 11) is 0. The predicted molar refractivity (Wildman–Crippen MR) is 116 cm³/mol. The number of nitrogens with zero attached hydrogens (tertiary/aromatic N) is 2. The Bertz CT molecular complexity index is 1010. The van der Waals surface area contributed by atoms with Crippen LogP contribution in [0.15, 0.2) is 18.2 Å². The minimum Gasteiger partial charge on any atom is -0.454 e. The number of nitro benzene ring substituents is 1. The molecule has 0 spiro atoms. The van der Waals surface area contributed by atoms with Crippen LogP contribution in [-0.4, -0.2) is 46.2 Å². The van der Waals surface area contributed by atoms with E-state index in [2.05, 4.69) is 5.32 Å². The number of hydrogen-bond donors (Lipinski definition) is 1. The number of rotatable bonds is 7. The number of imide groups is 1. The van der Waals surface area contributed by atoms with Gasteiger partial charge in [0.1, 0.15) is 6.04 Å². The Kier molecular flexibility index (Phi) is 5.94. The van der Waals surface area contributed by atoms with Crippen LogP contribution >= 0.6 is 0 Å². The molecule has 1 saturated heterocycles. The van der Waals surface area contributed by atoms with Crippen LogP contribution in [0.3, 0.4) is 0 Å². The second-order valence-corrected chi connectivity index (χ2v) is 9.53. The molecule has 1 aromatic carbocycles. The molecule has 0 radical (unpaired) electrons. The highest BCUT2D eigenvalue weighted by Gasteiger charge is 2.62. The molecule has 2 aliphatic carbocycles. The van der Waals surface area contributed by atoms with Crippen LogP contribution in [-0.2, 0) is 23.9 Å². The molecule has 10 nitrogen and oxygen atoms in total. The van der Waals surface area contributed by atoms with E-state index in [9.17, 15) is 29.3 Å². The quantitative estimate of drug-likeness (QED) is 0.287. The van der Waals surface area contributed by atoms with Gasteiger partial charge in [0, 0.05) is 17.3 Å². The number of likely N-dealkylation sites (tertiary alicyclic amines) is 1. The second kappa shape index (κ2) is 8.57. The number of nitro groups is 1. The average Bonchev–Trinajstić information content (AvgIpc) is 3.43. The first-order valence-electron chi connectivity index (χ1n) is 11.2. The highest BCUT2D eigenvalue weighted by molar-refractivity contribution is 6.08. The normalized spacial score (nSPS) is 26.5.